The van der Waals surface area contributed by atoms with Crippen LogP contribution in [0.4, 0.5) is 13.2 Å². The molecule has 0 aliphatic heterocycles. The number of H-pyrrole nitrogens is 1. The average Bonchev–Trinajstić information content (AvgIpc) is 2.34. The number of aromatic hydroxyl groups is 1. The minimum absolute atomic E-state index is 0.0250. The molecule has 0 radical (unpaired) electrons. The number of benzene rings is 1. The third-order valence-electron chi connectivity index (χ3n) is 2.49. The summed E-state index contributed by atoms with van der Waals surface area (Å²) in [7, 11) is 0. The summed E-state index contributed by atoms with van der Waals surface area (Å²) in [6, 6.07) is 5.17. The van der Waals surface area contributed by atoms with Crippen molar-refractivity contribution in [2.45, 2.75) is 13.3 Å². The molecule has 2 rings (SSSR count). The molecule has 0 aliphatic carbocycles. The number of hydrogen-bond acceptors (Lipinski definition) is 4. The van der Waals surface area contributed by atoms with Crippen molar-refractivity contribution < 1.29 is 23.0 Å². The van der Waals surface area contributed by atoms with Gasteiger partial charge in [-0.2, -0.15) is 4.98 Å². The smallest absolute Gasteiger partial charge is 0.493 e. The van der Waals surface area contributed by atoms with Gasteiger partial charge in [-0.25, -0.2) is 0 Å². The van der Waals surface area contributed by atoms with E-state index in [0.717, 1.165) is 6.07 Å². The fraction of sp³-hybridized carbons (Fsp3) is 0.167. The van der Waals surface area contributed by atoms with Gasteiger partial charge in [-0.05, 0) is 19.1 Å². The summed E-state index contributed by atoms with van der Waals surface area (Å²) >= 11 is 0. The van der Waals surface area contributed by atoms with Crippen molar-refractivity contribution in [2.75, 3.05) is 0 Å². The monoisotopic (exact) mass is 286 g/mol. The lowest BCUT2D eigenvalue weighted by Gasteiger charge is -2.12. The molecular formula is C12H9F3N2O3. The van der Waals surface area contributed by atoms with Crippen molar-refractivity contribution in [3.63, 3.8) is 0 Å². The van der Waals surface area contributed by atoms with E-state index < -0.39 is 23.6 Å². The van der Waals surface area contributed by atoms with Gasteiger partial charge in [0, 0.05) is 0 Å². The summed E-state index contributed by atoms with van der Waals surface area (Å²) in [5.74, 6) is -1.28. The van der Waals surface area contributed by atoms with E-state index in [9.17, 15) is 23.1 Å². The highest BCUT2D eigenvalue weighted by Gasteiger charge is 2.32. The number of halogens is 3. The first kappa shape index (κ1) is 13.9. The molecule has 0 amide bonds. The Balaban J connectivity index is 2.56. The van der Waals surface area contributed by atoms with E-state index in [4.69, 9.17) is 0 Å². The van der Waals surface area contributed by atoms with Gasteiger partial charge in [0.15, 0.2) is 0 Å². The predicted octanol–water partition coefficient (Wildman–Crippen LogP) is 2.35. The Kier molecular flexibility index (Phi) is 3.39. The SMILES string of the molecule is Cc1c(O)nc(-c2ccccc2OC(F)(F)F)[nH]c1=O. The molecule has 5 nitrogen and oxygen atoms in total. The van der Waals surface area contributed by atoms with Gasteiger partial charge in [-0.1, -0.05) is 12.1 Å². The van der Waals surface area contributed by atoms with Crippen LogP contribution in [0.1, 0.15) is 5.56 Å². The van der Waals surface area contributed by atoms with Crippen LogP contribution in [0.15, 0.2) is 29.1 Å². The molecule has 1 aromatic heterocycles. The molecule has 0 aliphatic rings. The van der Waals surface area contributed by atoms with Crippen LogP contribution >= 0.6 is 0 Å². The minimum atomic E-state index is -4.87. The van der Waals surface area contributed by atoms with Crippen molar-refractivity contribution in [3.8, 4) is 23.0 Å². The first-order valence-corrected chi connectivity index (χ1v) is 5.43. The van der Waals surface area contributed by atoms with Gasteiger partial charge in [-0.15, -0.1) is 13.2 Å². The number of nitrogens with one attached hydrogen (secondary N) is 1. The largest absolute Gasteiger partial charge is 0.573 e. The molecule has 2 N–H and O–H groups in total. The maximum Gasteiger partial charge on any atom is 0.573 e. The highest BCUT2D eigenvalue weighted by molar-refractivity contribution is 5.64. The summed E-state index contributed by atoms with van der Waals surface area (Å²) in [6.45, 7) is 1.34. The second kappa shape index (κ2) is 4.87. The van der Waals surface area contributed by atoms with Crippen LogP contribution in [0.25, 0.3) is 11.4 Å². The summed E-state index contributed by atoms with van der Waals surface area (Å²) < 4.78 is 40.7. The molecule has 8 heteroatoms. The summed E-state index contributed by atoms with van der Waals surface area (Å²) in [5, 5.41) is 9.47. The highest BCUT2D eigenvalue weighted by atomic mass is 19.4. The van der Waals surface area contributed by atoms with Crippen molar-refractivity contribution in [1.29, 1.82) is 0 Å². The normalized spacial score (nSPS) is 11.4. The van der Waals surface area contributed by atoms with Gasteiger partial charge >= 0.3 is 6.36 Å². The van der Waals surface area contributed by atoms with Gasteiger partial charge in [0.1, 0.15) is 11.6 Å². The zero-order valence-electron chi connectivity index (χ0n) is 10.2. The summed E-state index contributed by atoms with van der Waals surface area (Å²) in [6.07, 6.45) is -4.87. The maximum absolute atomic E-state index is 12.3. The van der Waals surface area contributed by atoms with Crippen LogP contribution in [0.3, 0.4) is 0 Å². The van der Waals surface area contributed by atoms with Gasteiger partial charge in [0.05, 0.1) is 11.1 Å². The molecule has 0 atom stereocenters. The van der Waals surface area contributed by atoms with Gasteiger partial charge in [-0.3, -0.25) is 4.79 Å². The Morgan fingerprint density at radius 2 is 1.95 bits per heavy atom. The topological polar surface area (TPSA) is 75.2 Å². The zero-order chi connectivity index (χ0) is 14.9. The predicted molar refractivity (Wildman–Crippen MR) is 63.4 cm³/mol. The second-order valence-corrected chi connectivity index (χ2v) is 3.91. The fourth-order valence-corrected chi connectivity index (χ4v) is 1.52. The molecule has 106 valence electrons. The first-order valence-electron chi connectivity index (χ1n) is 5.43. The van der Waals surface area contributed by atoms with E-state index in [2.05, 4.69) is 14.7 Å². The summed E-state index contributed by atoms with van der Waals surface area (Å²) in [4.78, 5) is 17.4. The van der Waals surface area contributed by atoms with Crippen LogP contribution in [-0.4, -0.2) is 21.4 Å². The van der Waals surface area contributed by atoms with Crippen LogP contribution in [0, 0.1) is 6.92 Å². The van der Waals surface area contributed by atoms with Gasteiger partial charge in [0.25, 0.3) is 5.56 Å². The molecular weight excluding hydrogens is 277 g/mol. The minimum Gasteiger partial charge on any atom is -0.493 e. The fourth-order valence-electron chi connectivity index (χ4n) is 1.52. The van der Waals surface area contributed by atoms with E-state index >= 15 is 0 Å². The van der Waals surface area contributed by atoms with Crippen molar-refractivity contribution in [3.05, 3.63) is 40.2 Å². The maximum atomic E-state index is 12.3. The molecule has 0 bridgehead atoms. The van der Waals surface area contributed by atoms with Gasteiger partial charge < -0.3 is 14.8 Å². The van der Waals surface area contributed by atoms with E-state index in [1.807, 2.05) is 0 Å². The molecule has 20 heavy (non-hydrogen) atoms. The standard InChI is InChI=1S/C12H9F3N2O3/c1-6-10(18)16-9(17-11(6)19)7-4-2-3-5-8(7)20-12(13,14)15/h2-5H,1H3,(H2,16,17,18,19). The lowest BCUT2D eigenvalue weighted by atomic mass is 10.2. The molecule has 0 saturated heterocycles. The lowest BCUT2D eigenvalue weighted by molar-refractivity contribution is -0.274. The molecule has 2 aromatic rings. The van der Waals surface area contributed by atoms with E-state index in [0.29, 0.717) is 0 Å². The number of aromatic amines is 1. The number of hydrogen-bond donors (Lipinski definition) is 2. The number of nitrogens with zero attached hydrogens (tertiary/aromatic N) is 1. The molecule has 1 aromatic carbocycles. The third-order valence-corrected chi connectivity index (χ3v) is 2.49. The Hall–Kier alpha value is -2.51. The first-order chi connectivity index (χ1) is 9.28. The lowest BCUT2D eigenvalue weighted by Crippen LogP contribution is -2.18. The Labute approximate surface area is 110 Å². The third kappa shape index (κ3) is 2.90. The van der Waals surface area contributed by atoms with E-state index in [1.165, 1.54) is 25.1 Å². The number of aromatic nitrogens is 2. The molecule has 0 unspecified atom stereocenters. The van der Waals surface area contributed by atoms with Crippen LogP contribution in [0.5, 0.6) is 11.6 Å². The molecule has 1 heterocycles. The molecule has 0 fully saturated rings. The second-order valence-electron chi connectivity index (χ2n) is 3.91. The quantitative estimate of drug-likeness (QED) is 0.888. The zero-order valence-corrected chi connectivity index (χ0v) is 10.2. The van der Waals surface area contributed by atoms with Crippen molar-refractivity contribution >= 4 is 0 Å². The number of para-hydroxylation sites is 1. The van der Waals surface area contributed by atoms with Crippen LogP contribution in [0.2, 0.25) is 0 Å². The van der Waals surface area contributed by atoms with E-state index in [1.54, 1.807) is 0 Å². The molecule has 0 saturated carbocycles. The Morgan fingerprint density at radius 3 is 2.55 bits per heavy atom. The van der Waals surface area contributed by atoms with E-state index in [-0.39, 0.29) is 17.0 Å². The van der Waals surface area contributed by atoms with Gasteiger partial charge in [0.2, 0.25) is 5.88 Å². The average molecular weight is 286 g/mol. The number of ether oxygens (including phenoxy) is 1. The number of rotatable bonds is 2. The highest BCUT2D eigenvalue weighted by Crippen LogP contribution is 2.32. The molecule has 0 spiro atoms. The van der Waals surface area contributed by atoms with Crippen LogP contribution in [-0.2, 0) is 0 Å². The Bertz CT molecular complexity index is 695. The van der Waals surface area contributed by atoms with Crippen LogP contribution < -0.4 is 10.3 Å². The van der Waals surface area contributed by atoms with Crippen molar-refractivity contribution in [2.24, 2.45) is 0 Å². The number of alkyl halides is 3. The summed E-state index contributed by atoms with van der Waals surface area (Å²) in [5.41, 5.74) is -0.755. The van der Waals surface area contributed by atoms with Crippen molar-refractivity contribution in [1.82, 2.24) is 9.97 Å². The Morgan fingerprint density at radius 1 is 1.30 bits per heavy atom.